The number of carboxylic acid groups (broad SMARTS) is 1. The van der Waals surface area contributed by atoms with Gasteiger partial charge in [0.2, 0.25) is 0 Å². The van der Waals surface area contributed by atoms with E-state index < -0.39 is 5.97 Å². The standard InChI is InChI=1S/C11H18O2/c1-10(2)8-4-5-11(10,3)6-7(8)9(12)13/h7-8H,4-6H2,1-3H3,(H,12,13)/p-1/t7-,8-,11-/m0/s1. The van der Waals surface area contributed by atoms with E-state index in [-0.39, 0.29) is 16.7 Å². The van der Waals surface area contributed by atoms with Crippen LogP contribution in [0.15, 0.2) is 0 Å². The van der Waals surface area contributed by atoms with Crippen molar-refractivity contribution in [2.45, 2.75) is 40.0 Å². The van der Waals surface area contributed by atoms with Gasteiger partial charge < -0.3 is 9.90 Å². The lowest BCUT2D eigenvalue weighted by molar-refractivity contribution is -0.313. The molecule has 2 saturated carbocycles. The van der Waals surface area contributed by atoms with Gasteiger partial charge >= 0.3 is 0 Å². The Bertz CT molecular complexity index is 254. The summed E-state index contributed by atoms with van der Waals surface area (Å²) in [5, 5.41) is 10.9. The summed E-state index contributed by atoms with van der Waals surface area (Å²) in [6.07, 6.45) is 3.09. The Labute approximate surface area is 79.3 Å². The van der Waals surface area contributed by atoms with Gasteiger partial charge in [0.05, 0.1) is 0 Å². The summed E-state index contributed by atoms with van der Waals surface area (Å²) in [6, 6.07) is 0. The number of fused-ring (bicyclic) bond motifs is 2. The van der Waals surface area contributed by atoms with Gasteiger partial charge in [-0.3, -0.25) is 0 Å². The fraction of sp³-hybridized carbons (Fsp3) is 0.909. The van der Waals surface area contributed by atoms with Crippen molar-refractivity contribution < 1.29 is 9.90 Å². The lowest BCUT2D eigenvalue weighted by Crippen LogP contribution is -2.35. The number of aliphatic carboxylic acids is 1. The van der Waals surface area contributed by atoms with Gasteiger partial charge in [-0.2, -0.15) is 0 Å². The van der Waals surface area contributed by atoms with Gasteiger partial charge in [-0.15, -0.1) is 0 Å². The minimum atomic E-state index is -0.832. The van der Waals surface area contributed by atoms with Crippen molar-refractivity contribution >= 4 is 5.97 Å². The molecule has 74 valence electrons. The van der Waals surface area contributed by atoms with E-state index in [9.17, 15) is 9.90 Å². The van der Waals surface area contributed by atoms with Crippen molar-refractivity contribution in [2.24, 2.45) is 22.7 Å². The summed E-state index contributed by atoms with van der Waals surface area (Å²) in [6.45, 7) is 6.66. The molecule has 0 unspecified atom stereocenters. The molecule has 2 heteroatoms. The minimum absolute atomic E-state index is 0.186. The molecule has 0 aliphatic heterocycles. The zero-order valence-electron chi connectivity index (χ0n) is 8.59. The molecule has 2 bridgehead atoms. The smallest absolute Gasteiger partial charge is 0.0448 e. The average Bonchev–Trinajstić information content (AvgIpc) is 2.34. The number of carboxylic acids is 1. The molecule has 0 aromatic heterocycles. The van der Waals surface area contributed by atoms with E-state index in [1.165, 1.54) is 6.42 Å². The van der Waals surface area contributed by atoms with Crippen molar-refractivity contribution in [3.63, 3.8) is 0 Å². The molecule has 13 heavy (non-hydrogen) atoms. The van der Waals surface area contributed by atoms with Crippen LogP contribution in [0.1, 0.15) is 40.0 Å². The molecule has 2 nitrogen and oxygen atoms in total. The molecule has 0 radical (unpaired) electrons. The van der Waals surface area contributed by atoms with Crippen molar-refractivity contribution in [1.29, 1.82) is 0 Å². The highest BCUT2D eigenvalue weighted by Gasteiger charge is 2.60. The Morgan fingerprint density at radius 2 is 2.00 bits per heavy atom. The normalized spacial score (nSPS) is 46.7. The van der Waals surface area contributed by atoms with Gasteiger partial charge in [0.15, 0.2) is 0 Å². The molecule has 2 aliphatic carbocycles. The van der Waals surface area contributed by atoms with Gasteiger partial charge in [0.25, 0.3) is 0 Å². The number of hydrogen-bond donors (Lipinski definition) is 0. The maximum atomic E-state index is 10.9. The van der Waals surface area contributed by atoms with Crippen LogP contribution in [-0.4, -0.2) is 5.97 Å². The highest BCUT2D eigenvalue weighted by molar-refractivity contribution is 5.69. The third kappa shape index (κ3) is 0.918. The molecule has 0 aromatic rings. The molecule has 0 heterocycles. The molecule has 0 saturated heterocycles. The van der Waals surface area contributed by atoms with E-state index in [0.29, 0.717) is 5.92 Å². The van der Waals surface area contributed by atoms with E-state index >= 15 is 0 Å². The fourth-order valence-electron chi connectivity index (χ4n) is 3.55. The van der Waals surface area contributed by atoms with Crippen LogP contribution in [0.4, 0.5) is 0 Å². The zero-order chi connectivity index (χ0) is 9.85. The SMILES string of the molecule is CC1(C)[C@H]2CC[C@@]1(C)C[C@@H]2C(=O)[O-]. The van der Waals surface area contributed by atoms with Gasteiger partial charge in [0, 0.05) is 11.9 Å². The predicted molar refractivity (Wildman–Crippen MR) is 47.7 cm³/mol. The summed E-state index contributed by atoms with van der Waals surface area (Å²) in [5.74, 6) is -0.669. The third-order valence-electron chi connectivity index (χ3n) is 4.95. The van der Waals surface area contributed by atoms with Crippen LogP contribution in [0.5, 0.6) is 0 Å². The van der Waals surface area contributed by atoms with Gasteiger partial charge in [-0.25, -0.2) is 0 Å². The van der Waals surface area contributed by atoms with E-state index in [1.54, 1.807) is 0 Å². The molecule has 2 fully saturated rings. The second kappa shape index (κ2) is 2.28. The number of rotatable bonds is 1. The maximum absolute atomic E-state index is 10.9. The average molecular weight is 181 g/mol. The Balaban J connectivity index is 2.34. The summed E-state index contributed by atoms with van der Waals surface area (Å²) in [4.78, 5) is 10.9. The first-order valence-corrected chi connectivity index (χ1v) is 5.09. The minimum Gasteiger partial charge on any atom is -0.550 e. The Morgan fingerprint density at radius 3 is 2.23 bits per heavy atom. The highest BCUT2D eigenvalue weighted by Crippen LogP contribution is 2.67. The first-order valence-electron chi connectivity index (χ1n) is 5.09. The highest BCUT2D eigenvalue weighted by atomic mass is 16.4. The maximum Gasteiger partial charge on any atom is 0.0448 e. The molecule has 0 N–H and O–H groups in total. The van der Waals surface area contributed by atoms with Gasteiger partial charge in [-0.1, -0.05) is 20.8 Å². The van der Waals surface area contributed by atoms with E-state index in [4.69, 9.17) is 0 Å². The molecule has 3 atom stereocenters. The zero-order valence-corrected chi connectivity index (χ0v) is 8.59. The number of carbonyl (C=O) groups excluding carboxylic acids is 1. The van der Waals surface area contributed by atoms with Crippen molar-refractivity contribution in [3.05, 3.63) is 0 Å². The van der Waals surface area contributed by atoms with Crippen molar-refractivity contribution in [2.75, 3.05) is 0 Å². The van der Waals surface area contributed by atoms with E-state index in [1.807, 2.05) is 0 Å². The molecule has 0 aromatic carbocycles. The van der Waals surface area contributed by atoms with Crippen molar-refractivity contribution in [1.82, 2.24) is 0 Å². The Morgan fingerprint density at radius 1 is 1.38 bits per heavy atom. The van der Waals surface area contributed by atoms with Crippen molar-refractivity contribution in [3.8, 4) is 0 Å². The largest absolute Gasteiger partial charge is 0.550 e. The molecular weight excluding hydrogens is 164 g/mol. The van der Waals surface area contributed by atoms with Crippen LogP contribution in [0.25, 0.3) is 0 Å². The third-order valence-corrected chi connectivity index (χ3v) is 4.95. The topological polar surface area (TPSA) is 40.1 Å². The molecule has 2 aliphatic rings. The molecule has 0 amide bonds. The van der Waals surface area contributed by atoms with E-state index in [0.717, 1.165) is 12.8 Å². The second-order valence-electron chi connectivity index (χ2n) is 5.56. The first kappa shape index (κ1) is 9.04. The lowest BCUT2D eigenvalue weighted by Gasteiger charge is -2.34. The van der Waals surface area contributed by atoms with Gasteiger partial charge in [0.1, 0.15) is 0 Å². The molecular formula is C11H17O2-. The molecule has 0 spiro atoms. The number of hydrogen-bond acceptors (Lipinski definition) is 2. The Hall–Kier alpha value is -0.530. The van der Waals surface area contributed by atoms with Crippen LogP contribution in [0, 0.1) is 22.7 Å². The summed E-state index contributed by atoms with van der Waals surface area (Å²) >= 11 is 0. The Kier molecular flexibility index (Phi) is 1.59. The van der Waals surface area contributed by atoms with Crippen LogP contribution < -0.4 is 5.11 Å². The van der Waals surface area contributed by atoms with Crippen LogP contribution in [-0.2, 0) is 4.79 Å². The first-order chi connectivity index (χ1) is 5.88. The van der Waals surface area contributed by atoms with Crippen LogP contribution in [0.2, 0.25) is 0 Å². The second-order valence-corrected chi connectivity index (χ2v) is 5.56. The fourth-order valence-corrected chi connectivity index (χ4v) is 3.55. The van der Waals surface area contributed by atoms with Crippen LogP contribution >= 0.6 is 0 Å². The lowest BCUT2D eigenvalue weighted by atomic mass is 9.71. The van der Waals surface area contributed by atoms with Gasteiger partial charge in [-0.05, 0) is 36.0 Å². The van der Waals surface area contributed by atoms with E-state index in [2.05, 4.69) is 20.8 Å². The monoisotopic (exact) mass is 181 g/mol. The summed E-state index contributed by atoms with van der Waals surface area (Å²) in [7, 11) is 0. The number of carbonyl (C=O) groups is 1. The summed E-state index contributed by atoms with van der Waals surface area (Å²) < 4.78 is 0. The predicted octanol–water partition coefficient (Wildman–Crippen LogP) is 1.20. The van der Waals surface area contributed by atoms with Crippen LogP contribution in [0.3, 0.4) is 0 Å². The summed E-state index contributed by atoms with van der Waals surface area (Å²) in [5.41, 5.74) is 0.431. The quantitative estimate of drug-likeness (QED) is 0.609. The molecule has 2 rings (SSSR count).